The lowest BCUT2D eigenvalue weighted by atomic mass is 9.87. The van der Waals surface area contributed by atoms with Crippen molar-refractivity contribution in [3.05, 3.63) is 42.1 Å². The van der Waals surface area contributed by atoms with Crippen molar-refractivity contribution in [2.75, 3.05) is 33.3 Å². The maximum Gasteiger partial charge on any atom is 0.230 e. The fourth-order valence-electron chi connectivity index (χ4n) is 3.81. The third-order valence-corrected chi connectivity index (χ3v) is 5.22. The SMILES string of the molecule is CCN(CC)C(=O)[C@@H]1C=C(c2cccc3cc[nH]c23)[C@H](CO)N(C)C1. The summed E-state index contributed by atoms with van der Waals surface area (Å²) < 4.78 is 0. The molecule has 2 heterocycles. The standard InChI is InChI=1S/C20H27N3O2/c1-4-23(5-2)20(25)15-11-17(18(13-24)22(3)12-15)16-8-6-7-14-9-10-21-19(14)16/h6-11,15,18,21,24H,4-5,12-13H2,1-3H3/t15-,18+/m1/s1. The van der Waals surface area contributed by atoms with Gasteiger partial charge in [-0.15, -0.1) is 0 Å². The molecular formula is C20H27N3O2. The van der Waals surface area contributed by atoms with E-state index in [1.54, 1.807) is 0 Å². The van der Waals surface area contributed by atoms with E-state index < -0.39 is 0 Å². The van der Waals surface area contributed by atoms with Crippen LogP contribution in [0.25, 0.3) is 16.5 Å². The molecule has 0 unspecified atom stereocenters. The number of hydrogen-bond acceptors (Lipinski definition) is 3. The van der Waals surface area contributed by atoms with E-state index in [-0.39, 0.29) is 24.5 Å². The Morgan fingerprint density at radius 3 is 2.76 bits per heavy atom. The summed E-state index contributed by atoms with van der Waals surface area (Å²) in [6.45, 7) is 6.11. The first kappa shape index (κ1) is 17.7. The minimum absolute atomic E-state index is 0.0333. The molecular weight excluding hydrogens is 314 g/mol. The van der Waals surface area contributed by atoms with Crippen LogP contribution < -0.4 is 0 Å². The van der Waals surface area contributed by atoms with Gasteiger partial charge >= 0.3 is 0 Å². The number of H-pyrrole nitrogens is 1. The summed E-state index contributed by atoms with van der Waals surface area (Å²) in [4.78, 5) is 20.1. The molecule has 0 fully saturated rings. The number of nitrogens with one attached hydrogen (secondary N) is 1. The number of aliphatic hydroxyl groups is 1. The van der Waals surface area contributed by atoms with Crippen molar-refractivity contribution in [1.29, 1.82) is 0 Å². The summed E-state index contributed by atoms with van der Waals surface area (Å²) in [5.74, 6) is -0.0303. The highest BCUT2D eigenvalue weighted by molar-refractivity contribution is 5.94. The van der Waals surface area contributed by atoms with Crippen LogP contribution in [-0.4, -0.2) is 65.1 Å². The number of nitrogens with zero attached hydrogens (tertiary/aromatic N) is 2. The van der Waals surface area contributed by atoms with Crippen molar-refractivity contribution in [2.45, 2.75) is 19.9 Å². The highest BCUT2D eigenvalue weighted by atomic mass is 16.3. The zero-order chi connectivity index (χ0) is 18.0. The van der Waals surface area contributed by atoms with Crippen molar-refractivity contribution in [2.24, 2.45) is 5.92 Å². The highest BCUT2D eigenvalue weighted by Crippen LogP contribution is 2.33. The first-order valence-electron chi connectivity index (χ1n) is 8.98. The van der Waals surface area contributed by atoms with Gasteiger partial charge in [0, 0.05) is 31.4 Å². The van der Waals surface area contributed by atoms with Gasteiger partial charge in [0.15, 0.2) is 0 Å². The Morgan fingerprint density at radius 1 is 1.32 bits per heavy atom. The Balaban J connectivity index is 2.06. The molecule has 0 aliphatic carbocycles. The molecule has 1 aliphatic heterocycles. The molecule has 25 heavy (non-hydrogen) atoms. The molecule has 0 bridgehead atoms. The van der Waals surface area contributed by atoms with Gasteiger partial charge in [0.2, 0.25) is 5.91 Å². The Labute approximate surface area is 148 Å². The fraction of sp³-hybridized carbons (Fsp3) is 0.450. The van der Waals surface area contributed by atoms with Gasteiger partial charge in [0.1, 0.15) is 0 Å². The number of aliphatic hydroxyl groups excluding tert-OH is 1. The van der Waals surface area contributed by atoms with Gasteiger partial charge in [-0.2, -0.15) is 0 Å². The predicted octanol–water partition coefficient (Wildman–Crippen LogP) is 2.34. The largest absolute Gasteiger partial charge is 0.394 e. The maximum absolute atomic E-state index is 12.9. The summed E-state index contributed by atoms with van der Waals surface area (Å²) in [5, 5.41) is 11.1. The van der Waals surface area contributed by atoms with Crippen molar-refractivity contribution < 1.29 is 9.90 Å². The minimum Gasteiger partial charge on any atom is -0.394 e. The lowest BCUT2D eigenvalue weighted by Crippen LogP contribution is -2.47. The number of aromatic amines is 1. The normalized spacial score (nSPS) is 21.4. The molecule has 0 saturated heterocycles. The summed E-state index contributed by atoms with van der Waals surface area (Å²) in [7, 11) is 1.98. The number of fused-ring (bicyclic) bond motifs is 1. The average Bonchev–Trinajstić information content (AvgIpc) is 3.10. The average molecular weight is 341 g/mol. The molecule has 2 atom stereocenters. The van der Waals surface area contributed by atoms with Crippen LogP contribution in [0.1, 0.15) is 19.4 Å². The van der Waals surface area contributed by atoms with Crippen molar-refractivity contribution >= 4 is 22.4 Å². The highest BCUT2D eigenvalue weighted by Gasteiger charge is 2.33. The number of para-hydroxylation sites is 1. The van der Waals surface area contributed by atoms with E-state index in [2.05, 4.69) is 28.1 Å². The zero-order valence-corrected chi connectivity index (χ0v) is 15.2. The van der Waals surface area contributed by atoms with E-state index in [1.807, 2.05) is 44.1 Å². The van der Waals surface area contributed by atoms with Gasteiger partial charge in [-0.1, -0.05) is 24.3 Å². The molecule has 134 valence electrons. The molecule has 0 spiro atoms. The third-order valence-electron chi connectivity index (χ3n) is 5.22. The second-order valence-electron chi connectivity index (χ2n) is 6.62. The fourth-order valence-corrected chi connectivity index (χ4v) is 3.81. The lowest BCUT2D eigenvalue weighted by Gasteiger charge is -2.37. The Hall–Kier alpha value is -2.11. The van der Waals surface area contributed by atoms with Gasteiger partial charge in [-0.3, -0.25) is 9.69 Å². The van der Waals surface area contributed by atoms with Gasteiger partial charge in [-0.05, 0) is 37.9 Å². The topological polar surface area (TPSA) is 59.6 Å². The van der Waals surface area contributed by atoms with E-state index in [0.717, 1.165) is 22.0 Å². The minimum atomic E-state index is -0.187. The summed E-state index contributed by atoms with van der Waals surface area (Å²) in [6, 6.07) is 8.09. The number of benzene rings is 1. The van der Waals surface area contributed by atoms with Crippen LogP contribution in [0, 0.1) is 5.92 Å². The zero-order valence-electron chi connectivity index (χ0n) is 15.2. The van der Waals surface area contributed by atoms with Gasteiger partial charge in [-0.25, -0.2) is 0 Å². The van der Waals surface area contributed by atoms with Gasteiger partial charge < -0.3 is 15.0 Å². The van der Waals surface area contributed by atoms with Crippen molar-refractivity contribution in [1.82, 2.24) is 14.8 Å². The van der Waals surface area contributed by atoms with Crippen LogP contribution in [0.2, 0.25) is 0 Å². The van der Waals surface area contributed by atoms with E-state index in [1.165, 1.54) is 0 Å². The number of rotatable bonds is 5. The molecule has 1 aliphatic rings. The smallest absolute Gasteiger partial charge is 0.230 e. The Morgan fingerprint density at radius 2 is 2.08 bits per heavy atom. The quantitative estimate of drug-likeness (QED) is 0.878. The second-order valence-corrected chi connectivity index (χ2v) is 6.62. The van der Waals surface area contributed by atoms with Crippen LogP contribution in [-0.2, 0) is 4.79 Å². The number of likely N-dealkylation sites (N-methyl/N-ethyl adjacent to an activating group) is 1. The summed E-state index contributed by atoms with van der Waals surface area (Å²) in [6.07, 6.45) is 3.99. The number of hydrogen-bond donors (Lipinski definition) is 2. The predicted molar refractivity (Wildman–Crippen MR) is 101 cm³/mol. The lowest BCUT2D eigenvalue weighted by molar-refractivity contribution is -0.134. The summed E-state index contributed by atoms with van der Waals surface area (Å²) >= 11 is 0. The number of carbonyl (C=O) groups excluding carboxylic acids is 1. The Kier molecular flexibility index (Phi) is 5.25. The van der Waals surface area contributed by atoms with Gasteiger partial charge in [0.05, 0.1) is 24.1 Å². The van der Waals surface area contributed by atoms with Crippen LogP contribution in [0.15, 0.2) is 36.5 Å². The van der Waals surface area contributed by atoms with E-state index in [4.69, 9.17) is 0 Å². The molecule has 2 N–H and O–H groups in total. The van der Waals surface area contributed by atoms with Crippen LogP contribution in [0.4, 0.5) is 0 Å². The number of amides is 1. The van der Waals surface area contributed by atoms with Crippen molar-refractivity contribution in [3.63, 3.8) is 0 Å². The van der Waals surface area contributed by atoms with E-state index in [0.29, 0.717) is 19.6 Å². The maximum atomic E-state index is 12.9. The van der Waals surface area contributed by atoms with Gasteiger partial charge in [0.25, 0.3) is 0 Å². The first-order valence-corrected chi connectivity index (χ1v) is 8.98. The van der Waals surface area contributed by atoms with E-state index >= 15 is 0 Å². The number of carbonyl (C=O) groups is 1. The molecule has 1 amide bonds. The third kappa shape index (κ3) is 3.22. The van der Waals surface area contributed by atoms with Crippen LogP contribution in [0.3, 0.4) is 0 Å². The monoisotopic (exact) mass is 341 g/mol. The number of aromatic nitrogens is 1. The molecule has 2 aromatic rings. The molecule has 1 aromatic heterocycles. The molecule has 5 heteroatoms. The van der Waals surface area contributed by atoms with Crippen LogP contribution >= 0.6 is 0 Å². The molecule has 0 radical (unpaired) electrons. The molecule has 1 aromatic carbocycles. The van der Waals surface area contributed by atoms with Crippen LogP contribution in [0.5, 0.6) is 0 Å². The second kappa shape index (κ2) is 7.42. The van der Waals surface area contributed by atoms with Crippen molar-refractivity contribution in [3.8, 4) is 0 Å². The molecule has 3 rings (SSSR count). The van der Waals surface area contributed by atoms with E-state index in [9.17, 15) is 9.90 Å². The summed E-state index contributed by atoms with van der Waals surface area (Å²) in [5.41, 5.74) is 3.14. The Bertz CT molecular complexity index is 776. The first-order chi connectivity index (χ1) is 12.1. The molecule has 5 nitrogen and oxygen atoms in total. The molecule has 0 saturated carbocycles.